The Morgan fingerprint density at radius 3 is 1.27 bits per heavy atom. The summed E-state index contributed by atoms with van der Waals surface area (Å²) >= 11 is 0. The van der Waals surface area contributed by atoms with E-state index >= 15 is 4.39 Å². The molecule has 0 spiro atoms. The summed E-state index contributed by atoms with van der Waals surface area (Å²) in [6.07, 6.45) is 20.0. The molecule has 4 N–H and O–H groups in total. The second kappa shape index (κ2) is 24.0. The van der Waals surface area contributed by atoms with E-state index in [1.54, 1.807) is 0 Å². The van der Waals surface area contributed by atoms with Crippen LogP contribution in [0.15, 0.2) is 0 Å². The minimum atomic E-state index is -2.23. The van der Waals surface area contributed by atoms with Gasteiger partial charge in [-0.3, -0.25) is 0 Å². The number of rotatable bonds is 29. The van der Waals surface area contributed by atoms with Crippen molar-refractivity contribution in [3.63, 3.8) is 0 Å². The number of halogens is 1. The highest BCUT2D eigenvalue weighted by molar-refractivity contribution is 5.19. The molecule has 5 nitrogen and oxygen atoms in total. The average Bonchev–Trinajstić information content (AvgIpc) is 3.01. The highest BCUT2D eigenvalue weighted by Crippen LogP contribution is 2.53. The van der Waals surface area contributed by atoms with Gasteiger partial charge in [0.25, 0.3) is 0 Å². The first-order valence-corrected chi connectivity index (χ1v) is 19.3. The molecule has 0 aromatic rings. The van der Waals surface area contributed by atoms with Gasteiger partial charge in [0.1, 0.15) is 17.3 Å². The van der Waals surface area contributed by atoms with E-state index in [0.29, 0.717) is 25.7 Å². The monoisotopic (exact) mass is 631 g/mol. The lowest BCUT2D eigenvalue weighted by molar-refractivity contribution is -0.392. The molecule has 1 unspecified atom stereocenters. The van der Waals surface area contributed by atoms with Gasteiger partial charge in [-0.15, -0.1) is 0 Å². The summed E-state index contributed by atoms with van der Waals surface area (Å²) in [5.41, 5.74) is -6.28. The highest BCUT2D eigenvalue weighted by atomic mass is 19.1. The highest BCUT2D eigenvalue weighted by Gasteiger charge is 2.71. The maximum atomic E-state index is 16.2. The van der Waals surface area contributed by atoms with E-state index in [1.165, 1.54) is 12.8 Å². The Morgan fingerprint density at radius 1 is 0.500 bits per heavy atom. The van der Waals surface area contributed by atoms with Crippen LogP contribution in [0.25, 0.3) is 0 Å². The maximum Gasteiger partial charge on any atom is 0.231 e. The van der Waals surface area contributed by atoms with E-state index in [1.807, 2.05) is 0 Å². The van der Waals surface area contributed by atoms with Gasteiger partial charge in [0.2, 0.25) is 6.36 Å². The van der Waals surface area contributed by atoms with Crippen LogP contribution in [0.5, 0.6) is 0 Å². The number of hydrogen-bond donors (Lipinski definition) is 4. The van der Waals surface area contributed by atoms with Crippen molar-refractivity contribution < 1.29 is 29.6 Å². The number of ether oxygens (including phenoxy) is 1. The minimum absolute atomic E-state index is 0.0334. The summed E-state index contributed by atoms with van der Waals surface area (Å²) in [5, 5.41) is 48.8. The third-order valence-electron chi connectivity index (χ3n) is 10.5. The molecule has 44 heavy (non-hydrogen) atoms. The van der Waals surface area contributed by atoms with Crippen LogP contribution in [0.4, 0.5) is 4.39 Å². The van der Waals surface area contributed by atoms with Gasteiger partial charge >= 0.3 is 0 Å². The molecule has 1 aliphatic heterocycles. The molecular weight excluding hydrogens is 555 g/mol. The van der Waals surface area contributed by atoms with Gasteiger partial charge < -0.3 is 25.2 Å². The Kier molecular flexibility index (Phi) is 22.7. The zero-order valence-electron chi connectivity index (χ0n) is 29.6. The number of aliphatic hydroxyl groups excluding tert-OH is 1. The van der Waals surface area contributed by atoms with Gasteiger partial charge in [-0.1, -0.05) is 182 Å². The third kappa shape index (κ3) is 13.1. The molecule has 1 rings (SSSR count). The molecule has 1 aliphatic rings. The van der Waals surface area contributed by atoms with E-state index in [-0.39, 0.29) is 19.3 Å². The normalized spacial score (nSPS) is 28.0. The lowest BCUT2D eigenvalue weighted by Crippen LogP contribution is -2.80. The molecule has 0 saturated carbocycles. The van der Waals surface area contributed by atoms with Gasteiger partial charge in [-0.25, -0.2) is 4.39 Å². The van der Waals surface area contributed by atoms with Crippen molar-refractivity contribution in [3.8, 4) is 0 Å². The molecule has 1 heterocycles. The fraction of sp³-hybridized carbons (Fsp3) is 1.00. The lowest BCUT2D eigenvalue weighted by atomic mass is 9.59. The molecule has 264 valence electrons. The van der Waals surface area contributed by atoms with Crippen LogP contribution < -0.4 is 0 Å². The van der Waals surface area contributed by atoms with Gasteiger partial charge in [-0.05, 0) is 25.7 Å². The van der Waals surface area contributed by atoms with Crippen molar-refractivity contribution in [2.45, 2.75) is 243 Å². The Bertz CT molecular complexity index is 680. The Labute approximate surface area is 272 Å². The standard InChI is InChI=1S/C38H75FO5/c1-5-9-13-17-21-25-29-33(40)34-36(41,30-26-22-18-14-10-6-2)38(43,32-28-24-20-16-12-8-4)37(42,35(39)44-34)31-27-23-19-15-11-7-3/h33-35,40-43H,5-32H2,1-4H3/t33?,34-,35+,36-,37+,38+/m1/s1. The van der Waals surface area contributed by atoms with Crippen molar-refractivity contribution in [1.29, 1.82) is 0 Å². The van der Waals surface area contributed by atoms with Crippen LogP contribution in [0, 0.1) is 0 Å². The van der Waals surface area contributed by atoms with Gasteiger partial charge in [0.05, 0.1) is 6.10 Å². The van der Waals surface area contributed by atoms with Crippen LogP contribution in [0.3, 0.4) is 0 Å². The lowest BCUT2D eigenvalue weighted by Gasteiger charge is -2.60. The van der Waals surface area contributed by atoms with Crippen LogP contribution in [0.2, 0.25) is 0 Å². The SMILES string of the molecule is CCCCCCCCC(O)[C@H]1O[C@H](F)[C@@](O)(CCCCCCCC)[C@](O)(CCCCCCCC)[C@@]1(O)CCCCCCCC. The quantitative estimate of drug-likeness (QED) is 0.0618. The maximum absolute atomic E-state index is 16.2. The first-order chi connectivity index (χ1) is 21.2. The Morgan fingerprint density at radius 2 is 0.841 bits per heavy atom. The van der Waals surface area contributed by atoms with Crippen LogP contribution in [0.1, 0.15) is 207 Å². The summed E-state index contributed by atoms with van der Waals surface area (Å²) in [5.74, 6) is 0. The molecule has 0 aromatic heterocycles. The number of alkyl halides is 1. The van der Waals surface area contributed by atoms with Gasteiger partial charge in [0.15, 0.2) is 5.60 Å². The van der Waals surface area contributed by atoms with Crippen LogP contribution in [-0.2, 0) is 4.74 Å². The third-order valence-corrected chi connectivity index (χ3v) is 10.5. The Hall–Kier alpha value is -0.270. The summed E-state index contributed by atoms with van der Waals surface area (Å²) in [4.78, 5) is 0. The van der Waals surface area contributed by atoms with E-state index < -0.39 is 35.4 Å². The fourth-order valence-corrected chi connectivity index (χ4v) is 7.46. The number of hydrogen-bond acceptors (Lipinski definition) is 5. The van der Waals surface area contributed by atoms with Crippen molar-refractivity contribution in [3.05, 3.63) is 0 Å². The molecule has 1 fully saturated rings. The average molecular weight is 631 g/mol. The molecule has 0 amide bonds. The summed E-state index contributed by atoms with van der Waals surface area (Å²) in [7, 11) is 0. The molecule has 0 bridgehead atoms. The molecule has 6 heteroatoms. The minimum Gasteiger partial charge on any atom is -0.390 e. The zero-order valence-corrected chi connectivity index (χ0v) is 29.6. The number of unbranched alkanes of at least 4 members (excludes halogenated alkanes) is 20. The summed E-state index contributed by atoms with van der Waals surface area (Å²) in [6.45, 7) is 8.70. The van der Waals surface area contributed by atoms with Gasteiger partial charge in [0, 0.05) is 0 Å². The second-order valence-corrected chi connectivity index (χ2v) is 14.3. The first-order valence-electron chi connectivity index (χ1n) is 19.3. The predicted molar refractivity (Wildman–Crippen MR) is 183 cm³/mol. The van der Waals surface area contributed by atoms with E-state index in [4.69, 9.17) is 4.74 Å². The molecule has 6 atom stereocenters. The molecule has 0 aliphatic carbocycles. The summed E-state index contributed by atoms with van der Waals surface area (Å²) in [6, 6.07) is 0. The topological polar surface area (TPSA) is 90.2 Å². The molecule has 1 saturated heterocycles. The van der Waals surface area contributed by atoms with E-state index in [2.05, 4.69) is 27.7 Å². The van der Waals surface area contributed by atoms with Gasteiger partial charge in [-0.2, -0.15) is 0 Å². The van der Waals surface area contributed by atoms with Crippen LogP contribution in [-0.4, -0.2) is 55.8 Å². The van der Waals surface area contributed by atoms with Crippen molar-refractivity contribution in [2.24, 2.45) is 0 Å². The smallest absolute Gasteiger partial charge is 0.231 e. The number of aliphatic hydroxyl groups is 4. The van der Waals surface area contributed by atoms with Crippen LogP contribution >= 0.6 is 0 Å². The first kappa shape index (κ1) is 41.8. The fourth-order valence-electron chi connectivity index (χ4n) is 7.46. The summed E-state index contributed by atoms with van der Waals surface area (Å²) < 4.78 is 22.0. The van der Waals surface area contributed by atoms with Crippen molar-refractivity contribution in [1.82, 2.24) is 0 Å². The predicted octanol–water partition coefficient (Wildman–Crippen LogP) is 10.2. The molecular formula is C38H75FO5. The van der Waals surface area contributed by atoms with E-state index in [0.717, 1.165) is 122 Å². The molecule has 0 aromatic carbocycles. The van der Waals surface area contributed by atoms with Crippen molar-refractivity contribution in [2.75, 3.05) is 0 Å². The van der Waals surface area contributed by atoms with E-state index in [9.17, 15) is 20.4 Å². The zero-order chi connectivity index (χ0) is 32.7. The van der Waals surface area contributed by atoms with Crippen molar-refractivity contribution >= 4 is 0 Å². The largest absolute Gasteiger partial charge is 0.390 e. The molecule has 0 radical (unpaired) electrons. The Balaban J connectivity index is 3.25. The second-order valence-electron chi connectivity index (χ2n) is 14.3.